The van der Waals surface area contributed by atoms with E-state index in [1.54, 1.807) is 6.20 Å². The van der Waals surface area contributed by atoms with E-state index in [-0.39, 0.29) is 5.92 Å². The van der Waals surface area contributed by atoms with Gasteiger partial charge in [-0.2, -0.15) is 10.2 Å². The Morgan fingerprint density at radius 2 is 2.14 bits per heavy atom. The molecule has 0 aromatic carbocycles. The highest BCUT2D eigenvalue weighted by Crippen LogP contribution is 2.30. The molecule has 2 aliphatic heterocycles. The van der Waals surface area contributed by atoms with Crippen molar-refractivity contribution >= 4 is 22.9 Å². The third-order valence-electron chi connectivity index (χ3n) is 5.30. The molecule has 0 radical (unpaired) electrons. The Morgan fingerprint density at radius 3 is 2.96 bits per heavy atom. The number of H-pyrrole nitrogens is 1. The molecule has 2 saturated heterocycles. The third kappa shape index (κ3) is 3.12. The van der Waals surface area contributed by atoms with E-state index >= 15 is 0 Å². The molecule has 5 heterocycles. The Bertz CT molecular complexity index is 1030. The fourth-order valence-electron chi connectivity index (χ4n) is 3.67. The van der Waals surface area contributed by atoms with Crippen LogP contribution in [0.25, 0.3) is 22.4 Å². The number of hydrogen-bond donors (Lipinski definition) is 3. The Morgan fingerprint density at radius 1 is 1.21 bits per heavy atom. The molecule has 3 aromatic heterocycles. The Labute approximate surface area is 162 Å². The highest BCUT2D eigenvalue weighted by Gasteiger charge is 2.29. The predicted molar refractivity (Wildman–Crippen MR) is 106 cm³/mol. The van der Waals surface area contributed by atoms with Gasteiger partial charge in [0, 0.05) is 38.1 Å². The van der Waals surface area contributed by atoms with Gasteiger partial charge in [-0.05, 0) is 25.5 Å². The van der Waals surface area contributed by atoms with Gasteiger partial charge in [-0.15, -0.1) is 0 Å². The molecule has 142 valence electrons. The summed E-state index contributed by atoms with van der Waals surface area (Å²) in [5.74, 6) is 1.48. The second-order valence-electron chi connectivity index (χ2n) is 7.32. The van der Waals surface area contributed by atoms with Crippen molar-refractivity contribution < 1.29 is 0 Å². The lowest BCUT2D eigenvalue weighted by atomic mass is 10.0. The van der Waals surface area contributed by atoms with Crippen LogP contribution in [-0.4, -0.2) is 57.1 Å². The van der Waals surface area contributed by atoms with E-state index in [0.29, 0.717) is 25.1 Å². The fraction of sp³-hybridized carbons (Fsp3) is 0.421. The molecular formula is C19H21N9. The predicted octanol–water partition coefficient (Wildman–Crippen LogP) is 1.54. The van der Waals surface area contributed by atoms with Crippen LogP contribution in [0.15, 0.2) is 24.7 Å². The van der Waals surface area contributed by atoms with Gasteiger partial charge in [-0.25, -0.2) is 15.0 Å². The second-order valence-corrected chi connectivity index (χ2v) is 7.32. The fourth-order valence-corrected chi connectivity index (χ4v) is 3.67. The average Bonchev–Trinajstić information content (AvgIpc) is 3.16. The van der Waals surface area contributed by atoms with Crippen molar-refractivity contribution in [1.82, 2.24) is 30.2 Å². The first-order valence-electron chi connectivity index (χ1n) is 9.59. The van der Waals surface area contributed by atoms with E-state index in [9.17, 15) is 0 Å². The van der Waals surface area contributed by atoms with Gasteiger partial charge in [-0.3, -0.25) is 0 Å². The van der Waals surface area contributed by atoms with E-state index in [0.717, 1.165) is 54.2 Å². The molecule has 3 N–H and O–H groups in total. The number of rotatable bonds is 4. The highest BCUT2D eigenvalue weighted by atomic mass is 15.3. The summed E-state index contributed by atoms with van der Waals surface area (Å²) < 4.78 is 0. The molecule has 0 amide bonds. The molecule has 0 aliphatic carbocycles. The first-order valence-corrected chi connectivity index (χ1v) is 9.59. The molecular weight excluding hydrogens is 354 g/mol. The monoisotopic (exact) mass is 375 g/mol. The lowest BCUT2D eigenvalue weighted by Crippen LogP contribution is -2.47. The molecule has 28 heavy (non-hydrogen) atoms. The molecule has 0 bridgehead atoms. The lowest BCUT2D eigenvalue weighted by molar-refractivity contribution is 0.477. The van der Waals surface area contributed by atoms with Crippen molar-refractivity contribution in [2.24, 2.45) is 5.92 Å². The van der Waals surface area contributed by atoms with Gasteiger partial charge >= 0.3 is 0 Å². The van der Waals surface area contributed by atoms with E-state index in [4.69, 9.17) is 15.2 Å². The van der Waals surface area contributed by atoms with Gasteiger partial charge in [-0.1, -0.05) is 0 Å². The summed E-state index contributed by atoms with van der Waals surface area (Å²) in [6, 6.07) is 4.50. The van der Waals surface area contributed by atoms with Crippen molar-refractivity contribution in [2.45, 2.75) is 18.9 Å². The molecule has 0 unspecified atom stereocenters. The molecule has 9 nitrogen and oxygen atoms in total. The highest BCUT2D eigenvalue weighted by molar-refractivity contribution is 5.78. The van der Waals surface area contributed by atoms with Gasteiger partial charge in [0.25, 0.3) is 0 Å². The number of nitrogens with one attached hydrogen (secondary N) is 3. The van der Waals surface area contributed by atoms with Crippen molar-refractivity contribution in [1.29, 1.82) is 5.26 Å². The zero-order valence-corrected chi connectivity index (χ0v) is 15.4. The largest absolute Gasteiger partial charge is 0.365 e. The van der Waals surface area contributed by atoms with E-state index < -0.39 is 0 Å². The Balaban J connectivity index is 1.50. The van der Waals surface area contributed by atoms with Crippen LogP contribution in [0, 0.1) is 17.2 Å². The smallest absolute Gasteiger partial charge is 0.227 e. The second kappa shape index (κ2) is 7.05. The standard InChI is InChI=1S/C19H21N9/c20-6-12-10-28(11-12)19-24-8-14(16-9-23-18-15(26-16)3-5-22-18)17(27-19)25-13-2-1-4-21-7-13/h3,5,8-9,12-13,21H,1-2,4,7,10-11H2,(H,22,23)(H,24,25,27)/t13-/m0/s1. The normalized spacial score (nSPS) is 20.0. The van der Waals surface area contributed by atoms with Crippen LogP contribution in [0.2, 0.25) is 0 Å². The number of aromatic nitrogens is 5. The van der Waals surface area contributed by atoms with Crippen LogP contribution in [0.4, 0.5) is 11.8 Å². The summed E-state index contributed by atoms with van der Waals surface area (Å²) in [5.41, 5.74) is 3.15. The molecule has 3 aromatic rings. The van der Waals surface area contributed by atoms with E-state index in [1.807, 2.05) is 23.4 Å². The van der Waals surface area contributed by atoms with E-state index in [2.05, 4.69) is 31.7 Å². The molecule has 2 aliphatic rings. The summed E-state index contributed by atoms with van der Waals surface area (Å²) in [6.07, 6.45) is 7.61. The molecule has 9 heteroatoms. The number of nitrogens with zero attached hydrogens (tertiary/aromatic N) is 6. The summed E-state index contributed by atoms with van der Waals surface area (Å²) in [5, 5.41) is 16.0. The topological polar surface area (TPSA) is 118 Å². The summed E-state index contributed by atoms with van der Waals surface area (Å²) >= 11 is 0. The molecule has 2 fully saturated rings. The Kier molecular flexibility index (Phi) is 4.25. The van der Waals surface area contributed by atoms with Crippen LogP contribution < -0.4 is 15.5 Å². The van der Waals surface area contributed by atoms with Crippen LogP contribution in [0.5, 0.6) is 0 Å². The van der Waals surface area contributed by atoms with Crippen molar-refractivity contribution in [2.75, 3.05) is 36.4 Å². The number of hydrogen-bond acceptors (Lipinski definition) is 8. The summed E-state index contributed by atoms with van der Waals surface area (Å²) in [6.45, 7) is 3.31. The van der Waals surface area contributed by atoms with Crippen LogP contribution in [0.1, 0.15) is 12.8 Å². The first-order chi connectivity index (χ1) is 13.8. The number of piperidine rings is 1. The van der Waals surface area contributed by atoms with Crippen LogP contribution >= 0.6 is 0 Å². The van der Waals surface area contributed by atoms with Crippen LogP contribution in [0.3, 0.4) is 0 Å². The van der Waals surface area contributed by atoms with Gasteiger partial charge in [0.05, 0.1) is 29.4 Å². The molecule has 0 saturated carbocycles. The van der Waals surface area contributed by atoms with Crippen LogP contribution in [-0.2, 0) is 0 Å². The lowest BCUT2D eigenvalue weighted by Gasteiger charge is -2.35. The zero-order chi connectivity index (χ0) is 18.9. The average molecular weight is 375 g/mol. The van der Waals surface area contributed by atoms with Crippen molar-refractivity contribution in [3.8, 4) is 17.3 Å². The summed E-state index contributed by atoms with van der Waals surface area (Å²) in [7, 11) is 0. The zero-order valence-electron chi connectivity index (χ0n) is 15.4. The van der Waals surface area contributed by atoms with Gasteiger partial charge in [0.15, 0.2) is 5.65 Å². The maximum atomic E-state index is 9.03. The first kappa shape index (κ1) is 16.9. The maximum absolute atomic E-state index is 9.03. The number of nitriles is 1. The minimum atomic E-state index is 0.0593. The number of anilines is 2. The number of fused-ring (bicyclic) bond motifs is 1. The molecule has 1 atom stereocenters. The molecule has 0 spiro atoms. The number of aromatic amines is 1. The van der Waals surface area contributed by atoms with Gasteiger partial charge < -0.3 is 20.5 Å². The molecule has 5 rings (SSSR count). The summed E-state index contributed by atoms with van der Waals surface area (Å²) in [4.78, 5) is 23.6. The quantitative estimate of drug-likeness (QED) is 0.628. The maximum Gasteiger partial charge on any atom is 0.227 e. The third-order valence-corrected chi connectivity index (χ3v) is 5.30. The SMILES string of the molecule is N#CC1CN(c2ncc(-c3cnc4[nH]ccc4n3)c(N[C@H]3CCCNC3)n2)C1. The van der Waals surface area contributed by atoms with Crippen molar-refractivity contribution in [3.05, 3.63) is 24.7 Å². The van der Waals surface area contributed by atoms with Crippen molar-refractivity contribution in [3.63, 3.8) is 0 Å². The van der Waals surface area contributed by atoms with Gasteiger partial charge in [0.1, 0.15) is 11.3 Å². The van der Waals surface area contributed by atoms with E-state index in [1.165, 1.54) is 0 Å². The minimum absolute atomic E-state index is 0.0593. The minimum Gasteiger partial charge on any atom is -0.365 e. The van der Waals surface area contributed by atoms with Gasteiger partial charge in [0.2, 0.25) is 5.95 Å². The Hall–Kier alpha value is -3.25.